The molecule has 2 fully saturated rings. The molecule has 1 aliphatic carbocycles. The summed E-state index contributed by atoms with van der Waals surface area (Å²) in [5, 5.41) is 3.60. The molecule has 1 N–H and O–H groups in total. The van der Waals surface area contributed by atoms with Gasteiger partial charge >= 0.3 is 0 Å². The normalized spacial score (nSPS) is 33.1. The first-order valence-electron chi connectivity index (χ1n) is 8.14. The van der Waals surface area contributed by atoms with Crippen LogP contribution in [0.15, 0.2) is 0 Å². The highest BCUT2D eigenvalue weighted by Gasteiger charge is 2.49. The van der Waals surface area contributed by atoms with Gasteiger partial charge in [-0.3, -0.25) is 10.1 Å². The van der Waals surface area contributed by atoms with E-state index in [0.29, 0.717) is 10.7 Å². The van der Waals surface area contributed by atoms with Crippen LogP contribution in [0.1, 0.15) is 65.7 Å². The third-order valence-electron chi connectivity index (χ3n) is 5.27. The molecule has 0 aromatic carbocycles. The van der Waals surface area contributed by atoms with Gasteiger partial charge in [0, 0.05) is 11.3 Å². The Morgan fingerprint density at radius 3 is 2.50 bits per heavy atom. The lowest BCUT2D eigenvalue weighted by Crippen LogP contribution is -2.46. The van der Waals surface area contributed by atoms with Crippen LogP contribution >= 0.6 is 11.8 Å². The molecule has 1 amide bonds. The summed E-state index contributed by atoms with van der Waals surface area (Å²) in [4.78, 5) is 15.0. The third-order valence-corrected chi connectivity index (χ3v) is 6.67. The van der Waals surface area contributed by atoms with Crippen molar-refractivity contribution in [2.45, 2.75) is 82.2 Å². The minimum atomic E-state index is -0.349. The lowest BCUT2D eigenvalue weighted by atomic mass is 9.98. The Balaban J connectivity index is 2.16. The van der Waals surface area contributed by atoms with Gasteiger partial charge in [0.25, 0.3) is 0 Å². The standard InChI is InChI=1S/C16H30N2OS/c1-5-9-13-17-15(3,6-2)14(19)18(13)12-16(20-4)10-7-8-11-16/h13,17H,5-12H2,1-4H3. The molecule has 0 aromatic rings. The van der Waals surface area contributed by atoms with Crippen LogP contribution in [0.3, 0.4) is 0 Å². The minimum absolute atomic E-state index is 0.238. The summed E-state index contributed by atoms with van der Waals surface area (Å²) in [5.74, 6) is 0.318. The predicted molar refractivity (Wildman–Crippen MR) is 87.0 cm³/mol. The van der Waals surface area contributed by atoms with E-state index in [9.17, 15) is 4.79 Å². The summed E-state index contributed by atoms with van der Waals surface area (Å²) >= 11 is 1.97. The van der Waals surface area contributed by atoms with Gasteiger partial charge in [0.2, 0.25) is 5.91 Å². The van der Waals surface area contributed by atoms with Crippen LogP contribution in [-0.2, 0) is 4.79 Å². The van der Waals surface area contributed by atoms with Crippen molar-refractivity contribution in [1.82, 2.24) is 10.2 Å². The van der Waals surface area contributed by atoms with E-state index in [1.54, 1.807) is 0 Å². The number of nitrogens with zero attached hydrogens (tertiary/aromatic N) is 1. The zero-order valence-corrected chi connectivity index (χ0v) is 14.3. The quantitative estimate of drug-likeness (QED) is 0.816. The lowest BCUT2D eigenvalue weighted by Gasteiger charge is -2.35. The largest absolute Gasteiger partial charge is 0.324 e. The molecule has 0 spiro atoms. The maximum absolute atomic E-state index is 12.8. The zero-order chi connectivity index (χ0) is 14.8. The van der Waals surface area contributed by atoms with Crippen LogP contribution in [0.2, 0.25) is 0 Å². The number of hydrogen-bond acceptors (Lipinski definition) is 3. The van der Waals surface area contributed by atoms with Crippen molar-refractivity contribution in [3.63, 3.8) is 0 Å². The van der Waals surface area contributed by atoms with Gasteiger partial charge < -0.3 is 4.90 Å². The molecule has 1 saturated heterocycles. The SMILES string of the molecule is CCCC1NC(C)(CC)C(=O)N1CC1(SC)CCCC1. The molecule has 2 aliphatic rings. The first-order chi connectivity index (χ1) is 9.50. The number of carbonyl (C=O) groups excluding carboxylic acids is 1. The highest BCUT2D eigenvalue weighted by molar-refractivity contribution is 8.00. The molecule has 116 valence electrons. The second kappa shape index (κ2) is 6.27. The van der Waals surface area contributed by atoms with Crippen molar-refractivity contribution in [2.24, 2.45) is 0 Å². The zero-order valence-electron chi connectivity index (χ0n) is 13.5. The molecule has 1 aliphatic heterocycles. The van der Waals surface area contributed by atoms with Crippen molar-refractivity contribution in [1.29, 1.82) is 0 Å². The minimum Gasteiger partial charge on any atom is -0.324 e. The predicted octanol–water partition coefficient (Wildman–Crippen LogP) is 3.39. The van der Waals surface area contributed by atoms with E-state index >= 15 is 0 Å². The van der Waals surface area contributed by atoms with Gasteiger partial charge in [-0.05, 0) is 38.9 Å². The summed E-state index contributed by atoms with van der Waals surface area (Å²) in [5.41, 5.74) is -0.349. The van der Waals surface area contributed by atoms with Gasteiger partial charge in [-0.15, -0.1) is 0 Å². The highest BCUT2D eigenvalue weighted by atomic mass is 32.2. The molecule has 1 saturated carbocycles. The number of nitrogens with one attached hydrogen (secondary N) is 1. The van der Waals surface area contributed by atoms with Crippen molar-refractivity contribution >= 4 is 17.7 Å². The van der Waals surface area contributed by atoms with Crippen molar-refractivity contribution < 1.29 is 4.79 Å². The first kappa shape index (κ1) is 16.2. The molecule has 3 nitrogen and oxygen atoms in total. The van der Waals surface area contributed by atoms with Crippen molar-refractivity contribution in [2.75, 3.05) is 12.8 Å². The highest BCUT2D eigenvalue weighted by Crippen LogP contribution is 2.42. The first-order valence-corrected chi connectivity index (χ1v) is 9.36. The van der Waals surface area contributed by atoms with Crippen molar-refractivity contribution in [3.8, 4) is 0 Å². The fraction of sp³-hybridized carbons (Fsp3) is 0.938. The average Bonchev–Trinajstić information content (AvgIpc) is 3.00. The van der Waals surface area contributed by atoms with Gasteiger partial charge in [-0.25, -0.2) is 0 Å². The monoisotopic (exact) mass is 298 g/mol. The van der Waals surface area contributed by atoms with E-state index in [-0.39, 0.29) is 11.7 Å². The molecule has 2 rings (SSSR count). The molecule has 20 heavy (non-hydrogen) atoms. The summed E-state index contributed by atoms with van der Waals surface area (Å²) in [6.45, 7) is 7.31. The van der Waals surface area contributed by atoms with Crippen LogP contribution in [0.25, 0.3) is 0 Å². The Kier molecular flexibility index (Phi) is 5.06. The van der Waals surface area contributed by atoms with Gasteiger partial charge in [0.05, 0.1) is 11.7 Å². The molecule has 4 heteroatoms. The Labute approximate surface area is 128 Å². The average molecular weight is 298 g/mol. The number of carbonyl (C=O) groups is 1. The van der Waals surface area contributed by atoms with Crippen LogP contribution in [0, 0.1) is 0 Å². The van der Waals surface area contributed by atoms with Gasteiger partial charge in [0.1, 0.15) is 0 Å². The third kappa shape index (κ3) is 2.87. The molecule has 0 bridgehead atoms. The molecular weight excluding hydrogens is 268 g/mol. The number of rotatable bonds is 6. The molecule has 2 unspecified atom stereocenters. The van der Waals surface area contributed by atoms with Gasteiger partial charge in [-0.1, -0.05) is 33.1 Å². The van der Waals surface area contributed by atoms with E-state index in [2.05, 4.69) is 37.2 Å². The van der Waals surface area contributed by atoms with Gasteiger partial charge in [-0.2, -0.15) is 11.8 Å². The van der Waals surface area contributed by atoms with Gasteiger partial charge in [0.15, 0.2) is 0 Å². The van der Waals surface area contributed by atoms with E-state index in [1.165, 1.54) is 25.7 Å². The lowest BCUT2D eigenvalue weighted by molar-refractivity contribution is -0.133. The number of amides is 1. The fourth-order valence-corrected chi connectivity index (χ4v) is 4.62. The van der Waals surface area contributed by atoms with E-state index in [0.717, 1.165) is 25.8 Å². The number of thioether (sulfide) groups is 1. The Morgan fingerprint density at radius 2 is 2.00 bits per heavy atom. The molecule has 1 heterocycles. The molecular formula is C16H30N2OS. The van der Waals surface area contributed by atoms with Crippen molar-refractivity contribution in [3.05, 3.63) is 0 Å². The topological polar surface area (TPSA) is 32.3 Å². The Bertz CT molecular complexity index is 354. The summed E-state index contributed by atoms with van der Waals surface area (Å²) < 4.78 is 0.308. The Morgan fingerprint density at radius 1 is 1.35 bits per heavy atom. The summed E-state index contributed by atoms with van der Waals surface area (Å²) in [6.07, 6.45) is 10.7. The number of hydrogen-bond donors (Lipinski definition) is 1. The molecule has 2 atom stereocenters. The van der Waals surface area contributed by atoms with E-state index < -0.39 is 0 Å². The summed E-state index contributed by atoms with van der Waals surface area (Å²) in [6, 6.07) is 0. The Hall–Kier alpha value is -0.220. The summed E-state index contributed by atoms with van der Waals surface area (Å²) in [7, 11) is 0. The molecule has 0 radical (unpaired) electrons. The van der Waals surface area contributed by atoms with Crippen LogP contribution in [0.5, 0.6) is 0 Å². The second-order valence-electron chi connectivity index (χ2n) is 6.66. The smallest absolute Gasteiger partial charge is 0.243 e. The van der Waals surface area contributed by atoms with E-state index in [4.69, 9.17) is 0 Å². The maximum Gasteiger partial charge on any atom is 0.243 e. The van der Waals surface area contributed by atoms with Crippen LogP contribution < -0.4 is 5.32 Å². The van der Waals surface area contributed by atoms with Crippen LogP contribution in [0.4, 0.5) is 0 Å². The van der Waals surface area contributed by atoms with Crippen LogP contribution in [-0.4, -0.2) is 40.1 Å². The maximum atomic E-state index is 12.8. The van der Waals surface area contributed by atoms with E-state index in [1.807, 2.05) is 11.8 Å². The molecule has 0 aromatic heterocycles. The second-order valence-corrected chi connectivity index (χ2v) is 7.94. The fourth-order valence-electron chi connectivity index (χ4n) is 3.66.